The fraction of sp³-hybridized carbons (Fsp3) is 0.526. The second-order valence-corrected chi connectivity index (χ2v) is 7.03. The van der Waals surface area contributed by atoms with Gasteiger partial charge in [0, 0.05) is 24.6 Å². The first-order chi connectivity index (χ1) is 13.4. The zero-order chi connectivity index (χ0) is 20.5. The molecule has 1 saturated carbocycles. The summed E-state index contributed by atoms with van der Waals surface area (Å²) >= 11 is 6.14. The van der Waals surface area contributed by atoms with Gasteiger partial charge in [-0.3, -0.25) is 14.4 Å². The highest BCUT2D eigenvalue weighted by Gasteiger charge is 2.20. The van der Waals surface area contributed by atoms with Gasteiger partial charge in [-0.05, 0) is 25.0 Å². The minimum atomic E-state index is -0.657. The maximum absolute atomic E-state index is 12.3. The number of hydrogen-bond acceptors (Lipinski definition) is 5. The van der Waals surface area contributed by atoms with E-state index in [0.717, 1.165) is 25.7 Å². The van der Waals surface area contributed by atoms with Crippen molar-refractivity contribution < 1.29 is 23.9 Å². The zero-order valence-electron chi connectivity index (χ0n) is 15.9. The van der Waals surface area contributed by atoms with Crippen molar-refractivity contribution >= 4 is 29.3 Å². The highest BCUT2D eigenvalue weighted by Crippen LogP contribution is 2.36. The molecular weight excluding hydrogens is 386 g/mol. The number of amides is 3. The smallest absolute Gasteiger partial charge is 0.255 e. The molecule has 0 aromatic heterocycles. The van der Waals surface area contributed by atoms with Gasteiger partial charge in [0.1, 0.15) is 0 Å². The van der Waals surface area contributed by atoms with Gasteiger partial charge < -0.3 is 25.8 Å². The van der Waals surface area contributed by atoms with Crippen LogP contribution >= 0.6 is 11.6 Å². The van der Waals surface area contributed by atoms with Crippen LogP contribution < -0.4 is 25.8 Å². The molecule has 0 atom stereocenters. The first kappa shape index (κ1) is 21.8. The van der Waals surface area contributed by atoms with Crippen LogP contribution in [0.3, 0.4) is 0 Å². The summed E-state index contributed by atoms with van der Waals surface area (Å²) in [5, 5.41) is 5.71. The fourth-order valence-corrected chi connectivity index (χ4v) is 3.37. The van der Waals surface area contributed by atoms with E-state index in [2.05, 4.69) is 10.6 Å². The van der Waals surface area contributed by atoms with E-state index >= 15 is 0 Å². The highest BCUT2D eigenvalue weighted by molar-refractivity contribution is 6.32. The van der Waals surface area contributed by atoms with Gasteiger partial charge in [0.15, 0.2) is 18.1 Å². The summed E-state index contributed by atoms with van der Waals surface area (Å²) in [7, 11) is 1.39. The fourth-order valence-electron chi connectivity index (χ4n) is 3.11. The van der Waals surface area contributed by atoms with E-state index in [4.69, 9.17) is 26.8 Å². The predicted molar refractivity (Wildman–Crippen MR) is 105 cm³/mol. The topological polar surface area (TPSA) is 120 Å². The Morgan fingerprint density at radius 2 is 1.82 bits per heavy atom. The summed E-state index contributed by atoms with van der Waals surface area (Å²) in [5.41, 5.74) is 5.33. The Hall–Kier alpha value is -2.48. The van der Waals surface area contributed by atoms with Crippen LogP contribution in [0, 0.1) is 5.92 Å². The molecule has 0 radical (unpaired) electrons. The van der Waals surface area contributed by atoms with E-state index in [-0.39, 0.29) is 53.0 Å². The van der Waals surface area contributed by atoms with Crippen molar-refractivity contribution in [2.75, 3.05) is 26.8 Å². The van der Waals surface area contributed by atoms with Crippen molar-refractivity contribution in [3.05, 3.63) is 22.7 Å². The molecule has 1 aromatic carbocycles. The monoisotopic (exact) mass is 411 g/mol. The molecule has 0 aliphatic heterocycles. The minimum Gasteiger partial charge on any atom is -0.493 e. The number of halogens is 1. The maximum atomic E-state index is 12.3. The Kier molecular flexibility index (Phi) is 8.38. The van der Waals surface area contributed by atoms with Crippen LogP contribution in [-0.4, -0.2) is 44.5 Å². The molecule has 154 valence electrons. The summed E-state index contributed by atoms with van der Waals surface area (Å²) in [4.78, 5) is 35.3. The molecule has 0 heterocycles. The molecule has 4 N–H and O–H groups in total. The lowest BCUT2D eigenvalue weighted by atomic mass is 9.89. The van der Waals surface area contributed by atoms with Crippen LogP contribution in [0.25, 0.3) is 0 Å². The SMILES string of the molecule is COc1cc(C(=O)NCCNC(=O)C2CCCCC2)cc(Cl)c1OCC(N)=O. The quantitative estimate of drug-likeness (QED) is 0.533. The molecule has 1 aromatic rings. The normalized spacial score (nSPS) is 14.2. The van der Waals surface area contributed by atoms with Gasteiger partial charge in [-0.1, -0.05) is 30.9 Å². The Balaban J connectivity index is 1.86. The van der Waals surface area contributed by atoms with Crippen molar-refractivity contribution in [3.63, 3.8) is 0 Å². The summed E-state index contributed by atoms with van der Waals surface area (Å²) < 4.78 is 10.4. The number of hydrogen-bond donors (Lipinski definition) is 3. The molecule has 1 aliphatic carbocycles. The molecule has 9 heteroatoms. The summed E-state index contributed by atoms with van der Waals surface area (Å²) in [5.74, 6) is -0.539. The lowest BCUT2D eigenvalue weighted by Crippen LogP contribution is -2.38. The average molecular weight is 412 g/mol. The van der Waals surface area contributed by atoms with Crippen molar-refractivity contribution in [3.8, 4) is 11.5 Å². The Morgan fingerprint density at radius 1 is 1.14 bits per heavy atom. The van der Waals surface area contributed by atoms with Crippen molar-refractivity contribution in [2.24, 2.45) is 11.7 Å². The average Bonchev–Trinajstić information content (AvgIpc) is 2.69. The van der Waals surface area contributed by atoms with Gasteiger partial charge in [0.05, 0.1) is 12.1 Å². The summed E-state index contributed by atoms with van der Waals surface area (Å²) in [6.07, 6.45) is 5.24. The Morgan fingerprint density at radius 3 is 2.46 bits per heavy atom. The number of primary amides is 1. The number of nitrogens with two attached hydrogens (primary N) is 1. The van der Waals surface area contributed by atoms with Crippen LogP contribution in [0.1, 0.15) is 42.5 Å². The van der Waals surface area contributed by atoms with Gasteiger partial charge in [0.25, 0.3) is 11.8 Å². The van der Waals surface area contributed by atoms with Gasteiger partial charge in [-0.15, -0.1) is 0 Å². The third-order valence-electron chi connectivity index (χ3n) is 4.54. The minimum absolute atomic E-state index is 0.0506. The molecular formula is C19H26ClN3O5. The van der Waals surface area contributed by atoms with E-state index in [9.17, 15) is 14.4 Å². The molecule has 0 spiro atoms. The molecule has 2 rings (SSSR count). The first-order valence-corrected chi connectivity index (χ1v) is 9.64. The number of rotatable bonds is 9. The molecule has 0 saturated heterocycles. The van der Waals surface area contributed by atoms with Crippen molar-refractivity contribution in [1.29, 1.82) is 0 Å². The number of carbonyl (C=O) groups excluding carboxylic acids is 3. The number of methoxy groups -OCH3 is 1. The van der Waals surface area contributed by atoms with Crippen LogP contribution in [0.5, 0.6) is 11.5 Å². The van der Waals surface area contributed by atoms with E-state index in [1.807, 2.05) is 0 Å². The Bertz CT molecular complexity index is 720. The number of carbonyl (C=O) groups is 3. The second-order valence-electron chi connectivity index (χ2n) is 6.63. The van der Waals surface area contributed by atoms with Gasteiger partial charge in [0.2, 0.25) is 5.91 Å². The predicted octanol–water partition coefficient (Wildman–Crippen LogP) is 1.64. The first-order valence-electron chi connectivity index (χ1n) is 9.27. The summed E-state index contributed by atoms with van der Waals surface area (Å²) in [6, 6.07) is 2.87. The molecule has 28 heavy (non-hydrogen) atoms. The lowest BCUT2D eigenvalue weighted by molar-refractivity contribution is -0.125. The largest absolute Gasteiger partial charge is 0.493 e. The molecule has 8 nitrogen and oxygen atoms in total. The second kappa shape index (κ2) is 10.8. The van der Waals surface area contributed by atoms with Gasteiger partial charge in [-0.25, -0.2) is 0 Å². The third kappa shape index (κ3) is 6.30. The van der Waals surface area contributed by atoms with Crippen molar-refractivity contribution in [2.45, 2.75) is 32.1 Å². The maximum Gasteiger partial charge on any atom is 0.255 e. The van der Waals surface area contributed by atoms with Crippen LogP contribution in [0.2, 0.25) is 5.02 Å². The summed E-state index contributed by atoms with van der Waals surface area (Å²) in [6.45, 7) is 0.283. The standard InChI is InChI=1S/C19H26ClN3O5/c1-27-15-10-13(9-14(20)17(15)28-11-16(21)24)19(26)23-8-7-22-18(25)12-5-3-2-4-6-12/h9-10,12H,2-8,11H2,1H3,(H2,21,24)(H,22,25)(H,23,26). The number of ether oxygens (including phenoxy) is 2. The molecule has 0 unspecified atom stereocenters. The molecule has 1 fully saturated rings. The number of nitrogens with one attached hydrogen (secondary N) is 2. The Labute approximate surface area is 169 Å². The van der Waals surface area contributed by atoms with Crippen molar-refractivity contribution in [1.82, 2.24) is 10.6 Å². The van der Waals surface area contributed by atoms with E-state index in [1.54, 1.807) is 0 Å². The van der Waals surface area contributed by atoms with Crippen LogP contribution in [-0.2, 0) is 9.59 Å². The van der Waals surface area contributed by atoms with E-state index < -0.39 is 5.91 Å². The van der Waals surface area contributed by atoms with Crippen LogP contribution in [0.15, 0.2) is 12.1 Å². The van der Waals surface area contributed by atoms with E-state index in [0.29, 0.717) is 6.54 Å². The molecule has 0 bridgehead atoms. The number of benzene rings is 1. The third-order valence-corrected chi connectivity index (χ3v) is 4.82. The van der Waals surface area contributed by atoms with Gasteiger partial charge in [-0.2, -0.15) is 0 Å². The van der Waals surface area contributed by atoms with E-state index in [1.165, 1.54) is 25.7 Å². The zero-order valence-corrected chi connectivity index (χ0v) is 16.6. The highest BCUT2D eigenvalue weighted by atomic mass is 35.5. The van der Waals surface area contributed by atoms with Gasteiger partial charge >= 0.3 is 0 Å². The van der Waals surface area contributed by atoms with Crippen LogP contribution in [0.4, 0.5) is 0 Å². The molecule has 1 aliphatic rings. The lowest BCUT2D eigenvalue weighted by Gasteiger charge is -2.20. The molecule has 3 amide bonds.